The van der Waals surface area contributed by atoms with Gasteiger partial charge in [-0.1, -0.05) is 55.5 Å². The zero-order valence-electron chi connectivity index (χ0n) is 22.1. The van der Waals surface area contributed by atoms with E-state index in [2.05, 4.69) is 56.7 Å². The summed E-state index contributed by atoms with van der Waals surface area (Å²) in [5, 5.41) is 1.07. The number of para-hydroxylation sites is 1. The minimum absolute atomic E-state index is 0.181. The van der Waals surface area contributed by atoms with Crippen molar-refractivity contribution in [3.63, 3.8) is 0 Å². The molecular weight excluding hydrogens is 474 g/mol. The van der Waals surface area contributed by atoms with E-state index in [0.717, 1.165) is 73.7 Å². The van der Waals surface area contributed by atoms with E-state index < -0.39 is 0 Å². The number of pyridine rings is 1. The van der Waals surface area contributed by atoms with Gasteiger partial charge in [0.25, 0.3) is 0 Å². The molecule has 1 unspecified atom stereocenters. The molecule has 4 aromatic rings. The molecule has 3 heterocycles. The molecule has 1 amide bonds. The summed E-state index contributed by atoms with van der Waals surface area (Å²) >= 11 is 0. The number of nitrogen functional groups attached to an aromatic ring is 1. The highest BCUT2D eigenvalue weighted by Crippen LogP contribution is 2.48. The van der Waals surface area contributed by atoms with Gasteiger partial charge in [0.2, 0.25) is 5.91 Å². The van der Waals surface area contributed by atoms with Crippen LogP contribution in [0.15, 0.2) is 60.9 Å². The molecule has 2 N–H and O–H groups in total. The van der Waals surface area contributed by atoms with E-state index in [9.17, 15) is 4.79 Å². The number of hydrogen-bond acceptors (Lipinski definition) is 5. The second kappa shape index (κ2) is 10.7. The highest BCUT2D eigenvalue weighted by Gasteiger charge is 2.46. The Balaban J connectivity index is 0.989. The number of likely N-dealkylation sites (tertiary alicyclic amines) is 1. The SMILES string of the molecule is CCC(COCCC1CCN(C(=O)[C@@H]2C[C@H]2c2ccccc2)CC1)n1cnc2c(N)nc3ccccc3c21. The Kier molecular flexibility index (Phi) is 7.02. The van der Waals surface area contributed by atoms with Gasteiger partial charge in [0.15, 0.2) is 5.82 Å². The Labute approximate surface area is 224 Å². The number of fused-ring (bicyclic) bond motifs is 3. The summed E-state index contributed by atoms with van der Waals surface area (Å²) in [5.41, 5.74) is 10.2. The topological polar surface area (TPSA) is 86.3 Å². The summed E-state index contributed by atoms with van der Waals surface area (Å²) in [6.07, 6.45) is 6.99. The first-order valence-corrected chi connectivity index (χ1v) is 14.1. The Morgan fingerprint density at radius 1 is 1.11 bits per heavy atom. The molecular formula is C31H37N5O2. The van der Waals surface area contributed by atoms with Gasteiger partial charge in [-0.25, -0.2) is 9.97 Å². The van der Waals surface area contributed by atoms with Crippen LogP contribution in [0.3, 0.4) is 0 Å². The number of ether oxygens (including phenoxy) is 1. The van der Waals surface area contributed by atoms with Gasteiger partial charge in [0.1, 0.15) is 5.52 Å². The lowest BCUT2D eigenvalue weighted by Gasteiger charge is -2.32. The monoisotopic (exact) mass is 511 g/mol. The molecule has 1 saturated carbocycles. The molecule has 2 fully saturated rings. The molecule has 7 nitrogen and oxygen atoms in total. The minimum Gasteiger partial charge on any atom is -0.382 e. The van der Waals surface area contributed by atoms with Gasteiger partial charge < -0.3 is 19.9 Å². The van der Waals surface area contributed by atoms with Crippen molar-refractivity contribution < 1.29 is 9.53 Å². The van der Waals surface area contributed by atoms with Crippen molar-refractivity contribution in [3.05, 3.63) is 66.5 Å². The average molecular weight is 512 g/mol. The van der Waals surface area contributed by atoms with Gasteiger partial charge in [-0.2, -0.15) is 0 Å². The van der Waals surface area contributed by atoms with Crippen LogP contribution < -0.4 is 5.73 Å². The Hall–Kier alpha value is -3.45. The van der Waals surface area contributed by atoms with Crippen molar-refractivity contribution in [3.8, 4) is 0 Å². The van der Waals surface area contributed by atoms with E-state index in [1.807, 2.05) is 30.6 Å². The van der Waals surface area contributed by atoms with E-state index in [-0.39, 0.29) is 12.0 Å². The first-order chi connectivity index (χ1) is 18.6. The van der Waals surface area contributed by atoms with E-state index in [1.165, 1.54) is 5.56 Å². The number of nitrogens with zero attached hydrogens (tertiary/aromatic N) is 4. The number of carbonyl (C=O) groups excluding carboxylic acids is 1. The third kappa shape index (κ3) is 4.87. The maximum atomic E-state index is 13.0. The van der Waals surface area contributed by atoms with Crippen LogP contribution in [0.5, 0.6) is 0 Å². The van der Waals surface area contributed by atoms with Crippen molar-refractivity contribution in [1.29, 1.82) is 0 Å². The molecule has 0 bridgehead atoms. The number of carbonyl (C=O) groups is 1. The second-order valence-corrected chi connectivity index (χ2v) is 10.9. The van der Waals surface area contributed by atoms with Crippen LogP contribution in [0.2, 0.25) is 0 Å². The normalized spacial score (nSPS) is 20.7. The molecule has 0 spiro atoms. The molecule has 198 valence electrons. The fourth-order valence-electron chi connectivity index (χ4n) is 6.12. The van der Waals surface area contributed by atoms with E-state index in [1.54, 1.807) is 0 Å². The van der Waals surface area contributed by atoms with Crippen LogP contribution in [0, 0.1) is 11.8 Å². The zero-order chi connectivity index (χ0) is 26.1. The van der Waals surface area contributed by atoms with Crippen LogP contribution in [0.4, 0.5) is 5.82 Å². The standard InChI is InChI=1S/C31H37N5O2/c1-2-23(36-20-33-28-29(36)24-10-6-7-11-27(24)34-30(28)32)19-38-17-14-21-12-15-35(16-13-21)31(37)26-18-25(26)22-8-4-3-5-9-22/h3-11,20-21,23,25-26H,2,12-19H2,1H3,(H2,32,34)/t23?,25-,26+/m0/s1. The molecule has 1 aliphatic carbocycles. The number of hydrogen-bond donors (Lipinski definition) is 1. The van der Waals surface area contributed by atoms with Crippen molar-refractivity contribution >= 4 is 33.7 Å². The summed E-state index contributed by atoms with van der Waals surface area (Å²) < 4.78 is 8.42. The van der Waals surface area contributed by atoms with Crippen LogP contribution in [-0.2, 0) is 9.53 Å². The lowest BCUT2D eigenvalue weighted by atomic mass is 9.93. The van der Waals surface area contributed by atoms with Crippen LogP contribution in [0.1, 0.15) is 56.6 Å². The van der Waals surface area contributed by atoms with Crippen LogP contribution in [0.25, 0.3) is 21.9 Å². The summed E-state index contributed by atoms with van der Waals surface area (Å²) in [6, 6.07) is 18.7. The molecule has 3 atom stereocenters. The maximum absolute atomic E-state index is 13.0. The van der Waals surface area contributed by atoms with Gasteiger partial charge in [-0.15, -0.1) is 0 Å². The molecule has 2 aliphatic rings. The van der Waals surface area contributed by atoms with E-state index in [4.69, 9.17) is 10.5 Å². The Morgan fingerprint density at radius 3 is 2.66 bits per heavy atom. The number of imidazole rings is 1. The van der Waals surface area contributed by atoms with Gasteiger partial charge in [0.05, 0.1) is 30.0 Å². The Morgan fingerprint density at radius 2 is 1.87 bits per heavy atom. The third-order valence-electron chi connectivity index (χ3n) is 8.54. The number of benzene rings is 2. The van der Waals surface area contributed by atoms with Gasteiger partial charge in [-0.05, 0) is 55.6 Å². The van der Waals surface area contributed by atoms with E-state index in [0.29, 0.717) is 30.2 Å². The highest BCUT2D eigenvalue weighted by molar-refractivity contribution is 6.06. The number of rotatable bonds is 9. The van der Waals surface area contributed by atoms with Crippen molar-refractivity contribution in [2.75, 3.05) is 32.0 Å². The highest BCUT2D eigenvalue weighted by atomic mass is 16.5. The molecule has 6 rings (SSSR count). The predicted octanol–water partition coefficient (Wildman–Crippen LogP) is 5.57. The first kappa shape index (κ1) is 24.9. The Bertz CT molecular complexity index is 1410. The average Bonchev–Trinajstić information content (AvgIpc) is 3.64. The first-order valence-electron chi connectivity index (χ1n) is 14.1. The molecule has 2 aromatic carbocycles. The molecule has 38 heavy (non-hydrogen) atoms. The smallest absolute Gasteiger partial charge is 0.226 e. The predicted molar refractivity (Wildman–Crippen MR) is 151 cm³/mol. The number of amides is 1. The fourth-order valence-corrected chi connectivity index (χ4v) is 6.12. The summed E-state index contributed by atoms with van der Waals surface area (Å²) in [5.74, 6) is 2.04. The van der Waals surface area contributed by atoms with Crippen LogP contribution >= 0.6 is 0 Å². The largest absolute Gasteiger partial charge is 0.382 e. The quantitative estimate of drug-likeness (QED) is 0.297. The van der Waals surface area contributed by atoms with Crippen molar-refractivity contribution in [1.82, 2.24) is 19.4 Å². The van der Waals surface area contributed by atoms with Gasteiger partial charge in [0, 0.05) is 31.0 Å². The maximum Gasteiger partial charge on any atom is 0.226 e. The van der Waals surface area contributed by atoms with Crippen LogP contribution in [-0.4, -0.2) is 51.6 Å². The number of anilines is 1. The second-order valence-electron chi connectivity index (χ2n) is 10.9. The van der Waals surface area contributed by atoms with Crippen molar-refractivity contribution in [2.45, 2.75) is 51.0 Å². The summed E-state index contributed by atoms with van der Waals surface area (Å²) in [4.78, 5) is 24.2. The molecule has 0 radical (unpaired) electrons. The lowest BCUT2D eigenvalue weighted by Crippen LogP contribution is -2.39. The number of piperidine rings is 1. The molecule has 1 saturated heterocycles. The molecule has 1 aliphatic heterocycles. The molecule has 7 heteroatoms. The summed E-state index contributed by atoms with van der Waals surface area (Å²) in [7, 11) is 0. The summed E-state index contributed by atoms with van der Waals surface area (Å²) in [6.45, 7) is 5.32. The van der Waals surface area contributed by atoms with Gasteiger partial charge in [-0.3, -0.25) is 4.79 Å². The zero-order valence-corrected chi connectivity index (χ0v) is 22.1. The third-order valence-corrected chi connectivity index (χ3v) is 8.54. The molecule has 2 aromatic heterocycles. The van der Waals surface area contributed by atoms with E-state index >= 15 is 0 Å². The lowest BCUT2D eigenvalue weighted by molar-refractivity contribution is -0.134. The number of nitrogens with two attached hydrogens (primary N) is 1. The van der Waals surface area contributed by atoms with Gasteiger partial charge >= 0.3 is 0 Å². The van der Waals surface area contributed by atoms with Crippen molar-refractivity contribution in [2.24, 2.45) is 11.8 Å². The fraction of sp³-hybridized carbons (Fsp3) is 0.452. The minimum atomic E-state index is 0.181. The number of aromatic nitrogens is 3.